The molecule has 0 atom stereocenters. The van der Waals surface area contributed by atoms with E-state index >= 15 is 0 Å². The maximum Gasteiger partial charge on any atom is 0.456 e. The van der Waals surface area contributed by atoms with Gasteiger partial charge in [0.2, 0.25) is 0 Å². The minimum Gasteiger partial charge on any atom is -0.487 e. The lowest BCUT2D eigenvalue weighted by Crippen LogP contribution is -2.41. The Morgan fingerprint density at radius 3 is 2.17 bits per heavy atom. The van der Waals surface area contributed by atoms with E-state index in [2.05, 4.69) is 10.1 Å². The van der Waals surface area contributed by atoms with E-state index in [4.69, 9.17) is 0 Å². The molecule has 0 radical (unpaired) electrons. The minimum atomic E-state index is -5.72. The molecular weight excluding hydrogens is 429 g/mol. The predicted molar refractivity (Wildman–Crippen MR) is 89.8 cm³/mol. The second kappa shape index (κ2) is 9.15. The fraction of sp³-hybridized carbons (Fsp3) is 0.368. The molecule has 0 spiro atoms. The summed E-state index contributed by atoms with van der Waals surface area (Å²) in [7, 11) is 0. The van der Waals surface area contributed by atoms with Gasteiger partial charge in [0, 0.05) is 6.54 Å². The molecule has 0 aliphatic carbocycles. The van der Waals surface area contributed by atoms with Crippen molar-refractivity contribution in [1.82, 2.24) is 5.32 Å². The summed E-state index contributed by atoms with van der Waals surface area (Å²) >= 11 is 0. The molecule has 1 N–H and O–H groups in total. The van der Waals surface area contributed by atoms with Crippen LogP contribution in [0.4, 0.5) is 39.5 Å². The zero-order valence-corrected chi connectivity index (χ0v) is 15.2. The van der Waals surface area contributed by atoms with Gasteiger partial charge in [-0.15, -0.1) is 0 Å². The summed E-state index contributed by atoms with van der Waals surface area (Å²) in [6, 6.07) is 8.10. The first-order chi connectivity index (χ1) is 13.8. The first-order valence-electron chi connectivity index (χ1n) is 8.52. The summed E-state index contributed by atoms with van der Waals surface area (Å²) in [6.45, 7) is -1.50. The Kier molecular flexibility index (Phi) is 7.27. The molecule has 0 unspecified atom stereocenters. The molecule has 2 aromatic carbocycles. The van der Waals surface area contributed by atoms with Crippen molar-refractivity contribution in [1.29, 1.82) is 0 Å². The van der Waals surface area contributed by atoms with Gasteiger partial charge in [-0.05, 0) is 48.4 Å². The largest absolute Gasteiger partial charge is 0.487 e. The van der Waals surface area contributed by atoms with Gasteiger partial charge in [-0.25, -0.2) is 4.39 Å². The Morgan fingerprint density at radius 2 is 1.53 bits per heavy atom. The van der Waals surface area contributed by atoms with E-state index < -0.39 is 36.3 Å². The van der Waals surface area contributed by atoms with Gasteiger partial charge in [-0.2, -0.15) is 35.1 Å². The number of halogens is 9. The molecule has 0 aliphatic heterocycles. The lowest BCUT2D eigenvalue weighted by Gasteiger charge is -2.20. The summed E-state index contributed by atoms with van der Waals surface area (Å²) in [5, 5.41) is 2.89. The Balaban J connectivity index is 1.87. The molecule has 0 saturated heterocycles. The molecule has 0 aromatic heterocycles. The van der Waals surface area contributed by atoms with Crippen molar-refractivity contribution >= 4 is 0 Å². The van der Waals surface area contributed by atoms with Crippen LogP contribution in [0.25, 0.3) is 0 Å². The number of hydrogen-bond donors (Lipinski definition) is 1. The van der Waals surface area contributed by atoms with Gasteiger partial charge in [0.15, 0.2) is 6.61 Å². The fourth-order valence-corrected chi connectivity index (χ4v) is 2.41. The van der Waals surface area contributed by atoms with Crippen molar-refractivity contribution in [3.63, 3.8) is 0 Å². The van der Waals surface area contributed by atoms with Crippen LogP contribution in [0.1, 0.15) is 16.7 Å². The molecule has 0 saturated carbocycles. The van der Waals surface area contributed by atoms with Gasteiger partial charge in [-0.3, -0.25) is 0 Å². The van der Waals surface area contributed by atoms with Gasteiger partial charge in [0.25, 0.3) is 0 Å². The van der Waals surface area contributed by atoms with Gasteiger partial charge in [0.1, 0.15) is 11.6 Å². The highest BCUT2D eigenvalue weighted by Gasteiger charge is 2.58. The summed E-state index contributed by atoms with van der Waals surface area (Å²) < 4.78 is 118. The van der Waals surface area contributed by atoms with Crippen molar-refractivity contribution < 1.29 is 44.3 Å². The Morgan fingerprint density at radius 1 is 0.833 bits per heavy atom. The smallest absolute Gasteiger partial charge is 0.456 e. The van der Waals surface area contributed by atoms with Crippen LogP contribution in [-0.2, 0) is 19.1 Å². The van der Waals surface area contributed by atoms with Gasteiger partial charge < -0.3 is 10.1 Å². The van der Waals surface area contributed by atoms with E-state index in [1.165, 1.54) is 24.3 Å². The molecule has 0 aliphatic rings. The molecule has 0 bridgehead atoms. The van der Waals surface area contributed by atoms with Crippen LogP contribution in [-0.4, -0.2) is 25.3 Å². The molecule has 0 amide bonds. The zero-order chi connectivity index (χ0) is 22.6. The molecule has 166 valence electrons. The number of alkyl halides is 8. The first-order valence-corrected chi connectivity index (χ1v) is 8.52. The first kappa shape index (κ1) is 23.8. The normalized spacial score (nSPS) is 12.8. The second-order valence-electron chi connectivity index (χ2n) is 6.38. The van der Waals surface area contributed by atoms with Crippen molar-refractivity contribution in [3.05, 3.63) is 65.0 Å². The number of ether oxygens (including phenoxy) is 1. The van der Waals surface area contributed by atoms with Crippen LogP contribution in [0.15, 0.2) is 42.5 Å². The highest BCUT2D eigenvalue weighted by atomic mass is 19.4. The lowest BCUT2D eigenvalue weighted by molar-refractivity contribution is -0.290. The molecule has 2 nitrogen and oxygen atoms in total. The monoisotopic (exact) mass is 445 g/mol. The van der Waals surface area contributed by atoms with Gasteiger partial charge >= 0.3 is 18.3 Å². The Hall–Kier alpha value is -2.43. The van der Waals surface area contributed by atoms with Crippen molar-refractivity contribution in [2.24, 2.45) is 0 Å². The van der Waals surface area contributed by atoms with Crippen LogP contribution in [0, 0.1) is 5.82 Å². The molecule has 0 heterocycles. The maximum absolute atomic E-state index is 13.3. The average molecular weight is 445 g/mol. The highest BCUT2D eigenvalue weighted by molar-refractivity contribution is 5.29. The third kappa shape index (κ3) is 6.54. The summed E-state index contributed by atoms with van der Waals surface area (Å²) in [6.07, 6.45) is -10.4. The number of rotatable bonds is 8. The van der Waals surface area contributed by atoms with Crippen molar-refractivity contribution in [2.75, 3.05) is 13.2 Å². The van der Waals surface area contributed by atoms with Crippen LogP contribution in [0.3, 0.4) is 0 Å². The molecule has 11 heteroatoms. The minimum absolute atomic E-state index is 0.150. The maximum atomic E-state index is 13.3. The summed E-state index contributed by atoms with van der Waals surface area (Å²) in [4.78, 5) is 0. The van der Waals surface area contributed by atoms with E-state index in [1.807, 2.05) is 0 Å². The SMILES string of the molecule is Fc1ccc(CCNCc2cccc(OCC(F)(F)C(F)(F)F)c2)cc1C(F)(F)F. The third-order valence-electron chi connectivity index (χ3n) is 3.99. The number of nitrogens with one attached hydrogen (secondary N) is 1. The third-order valence-corrected chi connectivity index (χ3v) is 3.99. The van der Waals surface area contributed by atoms with E-state index in [9.17, 15) is 39.5 Å². The highest BCUT2D eigenvalue weighted by Crippen LogP contribution is 2.36. The molecule has 2 rings (SSSR count). The van der Waals surface area contributed by atoms with E-state index in [0.717, 1.165) is 6.07 Å². The fourth-order valence-electron chi connectivity index (χ4n) is 2.41. The lowest BCUT2D eigenvalue weighted by atomic mass is 10.1. The van der Waals surface area contributed by atoms with Crippen LogP contribution < -0.4 is 10.1 Å². The van der Waals surface area contributed by atoms with E-state index in [1.54, 1.807) is 6.07 Å². The van der Waals surface area contributed by atoms with Crippen LogP contribution >= 0.6 is 0 Å². The van der Waals surface area contributed by atoms with Crippen molar-refractivity contribution in [3.8, 4) is 5.75 Å². The standard InChI is InChI=1S/C19H16F9NO/c20-16-5-4-12(9-15(16)18(23,24)25)6-7-29-10-13-2-1-3-14(8-13)30-11-17(21,22)19(26,27)28/h1-5,8-9,29H,6-7,10-11H2. The summed E-state index contributed by atoms with van der Waals surface area (Å²) in [5.41, 5.74) is -0.610. The number of hydrogen-bond acceptors (Lipinski definition) is 2. The summed E-state index contributed by atoms with van der Waals surface area (Å²) in [5.74, 6) is -6.55. The molecular formula is C19H16F9NO. The second-order valence-corrected chi connectivity index (χ2v) is 6.38. The zero-order valence-electron chi connectivity index (χ0n) is 15.2. The van der Waals surface area contributed by atoms with Crippen LogP contribution in [0.5, 0.6) is 5.75 Å². The Bertz CT molecular complexity index is 847. The van der Waals surface area contributed by atoms with Gasteiger partial charge in [0.05, 0.1) is 5.56 Å². The van der Waals surface area contributed by atoms with E-state index in [-0.39, 0.29) is 30.8 Å². The van der Waals surface area contributed by atoms with Crippen molar-refractivity contribution in [2.45, 2.75) is 31.2 Å². The quantitative estimate of drug-likeness (QED) is 0.413. The predicted octanol–water partition coefficient (Wildman–Crippen LogP) is 5.75. The van der Waals surface area contributed by atoms with Gasteiger partial charge in [-0.1, -0.05) is 18.2 Å². The topological polar surface area (TPSA) is 21.3 Å². The molecule has 30 heavy (non-hydrogen) atoms. The Labute approximate surface area is 165 Å². The molecule has 0 fully saturated rings. The number of benzene rings is 2. The molecule has 2 aromatic rings. The average Bonchev–Trinajstić information content (AvgIpc) is 2.63. The van der Waals surface area contributed by atoms with E-state index in [0.29, 0.717) is 11.6 Å². The van der Waals surface area contributed by atoms with Crippen LogP contribution in [0.2, 0.25) is 0 Å².